The third-order valence-electron chi connectivity index (χ3n) is 11.3. The van der Waals surface area contributed by atoms with Crippen molar-refractivity contribution in [2.75, 3.05) is 27.2 Å². The fourth-order valence-electron chi connectivity index (χ4n) is 7.67. The van der Waals surface area contributed by atoms with Gasteiger partial charge in [-0.1, -0.05) is 62.4 Å². The highest BCUT2D eigenvalue weighted by Crippen LogP contribution is 2.46. The van der Waals surface area contributed by atoms with E-state index < -0.39 is 68.7 Å². The minimum Gasteiger partial charge on any atom is -0.496 e. The SMILES string of the molecule is C=C[C@H]1C[C@]1(NC(=O)[C@@H]1C[C@@H]2CN1C(=O)[C@H](C(C)C)NC(=O)N(C)CCC/C=C/c1cc3c(cc(-c4ccccc4)nc3cc1OC)O2)C(=O)NS(=O)(=O)C1CC1. The van der Waals surface area contributed by atoms with Gasteiger partial charge in [0, 0.05) is 54.6 Å². The van der Waals surface area contributed by atoms with Gasteiger partial charge in [0.2, 0.25) is 21.8 Å². The van der Waals surface area contributed by atoms with Gasteiger partial charge >= 0.3 is 6.03 Å². The Hall–Kier alpha value is -5.44. The van der Waals surface area contributed by atoms with E-state index in [-0.39, 0.29) is 25.3 Å². The smallest absolute Gasteiger partial charge is 0.317 e. The van der Waals surface area contributed by atoms with Crippen LogP contribution in [0.2, 0.25) is 0 Å². The number of hydrogen-bond donors (Lipinski definition) is 3. The number of urea groups is 1. The van der Waals surface area contributed by atoms with Crippen LogP contribution in [0.15, 0.2) is 67.3 Å². The van der Waals surface area contributed by atoms with E-state index in [0.29, 0.717) is 60.3 Å². The number of carbonyl (C=O) groups excluding carboxylic acids is 4. The number of rotatable bonds is 9. The minimum atomic E-state index is -3.91. The molecule has 1 aromatic heterocycles. The first-order valence-electron chi connectivity index (χ1n) is 19.5. The summed E-state index contributed by atoms with van der Waals surface area (Å²) in [4.78, 5) is 64.0. The van der Waals surface area contributed by atoms with Gasteiger partial charge in [-0.05, 0) is 44.1 Å². The molecule has 4 aliphatic rings. The van der Waals surface area contributed by atoms with Crippen molar-refractivity contribution >= 4 is 50.8 Å². The highest BCUT2D eigenvalue weighted by molar-refractivity contribution is 7.91. The molecule has 5 atom stereocenters. The van der Waals surface area contributed by atoms with Crippen molar-refractivity contribution in [3.63, 3.8) is 0 Å². The molecule has 1 saturated heterocycles. The van der Waals surface area contributed by atoms with E-state index in [4.69, 9.17) is 14.5 Å². The Morgan fingerprint density at radius 2 is 1.89 bits per heavy atom. The summed E-state index contributed by atoms with van der Waals surface area (Å²) in [5.41, 5.74) is 1.37. The zero-order chi connectivity index (χ0) is 40.6. The number of carbonyl (C=O) groups is 4. The largest absolute Gasteiger partial charge is 0.496 e. The maximum absolute atomic E-state index is 14.6. The number of sulfonamides is 1. The third kappa shape index (κ3) is 8.20. The van der Waals surface area contributed by atoms with E-state index in [1.54, 1.807) is 14.2 Å². The van der Waals surface area contributed by atoms with Gasteiger partial charge in [-0.2, -0.15) is 0 Å². The number of pyridine rings is 1. The van der Waals surface area contributed by atoms with Crippen LogP contribution >= 0.6 is 0 Å². The summed E-state index contributed by atoms with van der Waals surface area (Å²) in [5.74, 6) is -1.73. The van der Waals surface area contributed by atoms with Gasteiger partial charge in [-0.25, -0.2) is 18.2 Å². The number of aromatic nitrogens is 1. The number of nitrogens with one attached hydrogen (secondary N) is 3. The molecule has 0 unspecified atom stereocenters. The molecular formula is C42H50N6O8S. The van der Waals surface area contributed by atoms with Crippen molar-refractivity contribution in [2.45, 2.75) is 81.3 Å². The van der Waals surface area contributed by atoms with Crippen molar-refractivity contribution < 1.29 is 37.1 Å². The van der Waals surface area contributed by atoms with Crippen molar-refractivity contribution in [3.05, 3.63) is 72.8 Å². The third-order valence-corrected chi connectivity index (χ3v) is 13.1. The summed E-state index contributed by atoms with van der Waals surface area (Å²) in [7, 11) is -0.641. The zero-order valence-electron chi connectivity index (χ0n) is 32.7. The molecule has 3 aromatic rings. The van der Waals surface area contributed by atoms with Crippen LogP contribution in [0.25, 0.3) is 28.2 Å². The van der Waals surface area contributed by atoms with E-state index in [0.717, 1.165) is 11.1 Å². The molecule has 7 rings (SSSR count). The predicted octanol–water partition coefficient (Wildman–Crippen LogP) is 4.40. The molecule has 4 bridgehead atoms. The maximum atomic E-state index is 14.6. The second-order valence-electron chi connectivity index (χ2n) is 15.8. The highest BCUT2D eigenvalue weighted by Gasteiger charge is 2.62. The quantitative estimate of drug-likeness (QED) is 0.265. The Kier molecular flexibility index (Phi) is 11.1. The van der Waals surface area contributed by atoms with Crippen molar-refractivity contribution in [1.82, 2.24) is 30.1 Å². The zero-order valence-corrected chi connectivity index (χ0v) is 33.5. The summed E-state index contributed by atoms with van der Waals surface area (Å²) >= 11 is 0. The van der Waals surface area contributed by atoms with E-state index in [1.165, 1.54) is 15.9 Å². The summed E-state index contributed by atoms with van der Waals surface area (Å²) < 4.78 is 40.3. The van der Waals surface area contributed by atoms with Crippen molar-refractivity contribution in [3.8, 4) is 22.8 Å². The topological polar surface area (TPSA) is 176 Å². The Bertz CT molecular complexity index is 2230. The lowest BCUT2D eigenvalue weighted by Crippen LogP contribution is -2.59. The lowest BCUT2D eigenvalue weighted by atomic mass is 10.0. The molecule has 0 radical (unpaired) electrons. The average Bonchev–Trinajstić information content (AvgIpc) is 4.12. The molecule has 2 aliphatic heterocycles. The number of ether oxygens (including phenoxy) is 2. The van der Waals surface area contributed by atoms with Gasteiger partial charge in [0.25, 0.3) is 5.91 Å². The molecular weight excluding hydrogens is 749 g/mol. The van der Waals surface area contributed by atoms with E-state index in [2.05, 4.69) is 21.9 Å². The second-order valence-corrected chi connectivity index (χ2v) is 17.7. The lowest BCUT2D eigenvalue weighted by molar-refractivity contribution is -0.141. The Morgan fingerprint density at radius 3 is 2.56 bits per heavy atom. The average molecular weight is 799 g/mol. The molecule has 5 amide bonds. The molecule has 2 saturated carbocycles. The van der Waals surface area contributed by atoms with E-state index in [9.17, 15) is 27.6 Å². The van der Waals surface area contributed by atoms with Gasteiger partial charge in [0.15, 0.2) is 0 Å². The lowest BCUT2D eigenvalue weighted by Gasteiger charge is -2.32. The van der Waals surface area contributed by atoms with Gasteiger partial charge in [0.1, 0.15) is 35.2 Å². The number of allylic oxidation sites excluding steroid dienone is 1. The molecule has 15 heteroatoms. The normalized spacial score (nSPS) is 25.9. The van der Waals surface area contributed by atoms with Crippen LogP contribution in [0.1, 0.15) is 57.9 Å². The molecule has 2 aliphatic carbocycles. The molecule has 302 valence electrons. The first-order chi connectivity index (χ1) is 27.2. The van der Waals surface area contributed by atoms with Gasteiger partial charge < -0.3 is 29.9 Å². The number of methoxy groups -OCH3 is 1. The molecule has 57 heavy (non-hydrogen) atoms. The fourth-order valence-corrected chi connectivity index (χ4v) is 9.03. The van der Waals surface area contributed by atoms with Gasteiger partial charge in [-0.15, -0.1) is 6.58 Å². The Morgan fingerprint density at radius 1 is 1.14 bits per heavy atom. The summed E-state index contributed by atoms with van der Waals surface area (Å²) in [6.07, 6.45) is 7.24. The highest BCUT2D eigenvalue weighted by atomic mass is 32.2. The van der Waals surface area contributed by atoms with E-state index in [1.807, 2.05) is 74.5 Å². The Labute approximate surface area is 333 Å². The van der Waals surface area contributed by atoms with Crippen molar-refractivity contribution in [2.24, 2.45) is 11.8 Å². The summed E-state index contributed by atoms with van der Waals surface area (Å²) in [6, 6.07) is 12.8. The molecule has 14 nitrogen and oxygen atoms in total. The van der Waals surface area contributed by atoms with Crippen molar-refractivity contribution in [1.29, 1.82) is 0 Å². The van der Waals surface area contributed by atoms with E-state index >= 15 is 0 Å². The van der Waals surface area contributed by atoms with Crippen LogP contribution in [0, 0.1) is 11.8 Å². The standard InChI is InChI=1S/C42H50N6O8S/c1-6-28-23-42(28,40(51)46-57(53,54)30-16-17-30)45-38(49)34-20-29-24-48(34)39(50)37(25(2)3)44-41(52)47(4)18-12-8-11-15-27-19-31-33(22-35(27)55-5)43-32(21-36(31)56-29)26-13-9-7-10-14-26/h6-7,9-11,13-15,19,21-22,25,28-30,34,37H,1,8,12,16-18,20,23-24H2,2-5H3,(H,44,52)(H,45,49)(H,46,51)/b15-11+/t28-,29+,34-,37-,42+/m0/s1. The number of nitrogens with zero attached hydrogens (tertiary/aromatic N) is 3. The monoisotopic (exact) mass is 798 g/mol. The summed E-state index contributed by atoms with van der Waals surface area (Å²) in [5, 5.41) is 5.79. The molecule has 2 aromatic carbocycles. The van der Waals surface area contributed by atoms with Crippen LogP contribution < -0.4 is 24.8 Å². The number of fused-ring (bicyclic) bond motifs is 3. The van der Waals surface area contributed by atoms with Crippen LogP contribution in [0.3, 0.4) is 0 Å². The van der Waals surface area contributed by atoms with Gasteiger partial charge in [-0.3, -0.25) is 19.1 Å². The molecule has 3 N–H and O–H groups in total. The van der Waals surface area contributed by atoms with Crippen LogP contribution in [-0.4, -0.2) is 103 Å². The fraction of sp³-hybridized carbons (Fsp3) is 0.452. The van der Waals surface area contributed by atoms with Crippen LogP contribution in [0.4, 0.5) is 4.79 Å². The number of amides is 5. The number of hydrogen-bond acceptors (Lipinski definition) is 9. The number of benzene rings is 2. The predicted molar refractivity (Wildman–Crippen MR) is 216 cm³/mol. The molecule has 0 spiro atoms. The maximum Gasteiger partial charge on any atom is 0.317 e. The second kappa shape index (κ2) is 15.8. The minimum absolute atomic E-state index is 0.0145. The van der Waals surface area contributed by atoms with Gasteiger partial charge in [0.05, 0.1) is 30.1 Å². The first kappa shape index (κ1) is 39.8. The van der Waals surface area contributed by atoms with Crippen LogP contribution in [-0.2, 0) is 24.4 Å². The molecule has 3 fully saturated rings. The van der Waals surface area contributed by atoms with Crippen LogP contribution in [0.5, 0.6) is 11.5 Å². The first-order valence-corrected chi connectivity index (χ1v) is 21.0. The molecule has 3 heterocycles. The summed E-state index contributed by atoms with van der Waals surface area (Å²) in [6.45, 7) is 7.85. The Balaban J connectivity index is 1.28.